The molecule has 0 aliphatic carbocycles. The van der Waals surface area contributed by atoms with Gasteiger partial charge in [-0.25, -0.2) is 0 Å². The minimum Gasteiger partial charge on any atom is -0.497 e. The molecular weight excluding hydrogens is 264 g/mol. The molecule has 0 saturated heterocycles. The highest BCUT2D eigenvalue weighted by Gasteiger charge is 2.15. The number of amides is 1. The second-order valence-corrected chi connectivity index (χ2v) is 5.47. The number of rotatable bonds is 5. The molecule has 0 aliphatic rings. The van der Waals surface area contributed by atoms with Gasteiger partial charge in [-0.05, 0) is 49.5 Å². The minimum absolute atomic E-state index is 0.0385. The Morgan fingerprint density at radius 2 is 1.86 bits per heavy atom. The molecule has 0 bridgehead atoms. The largest absolute Gasteiger partial charge is 0.497 e. The van der Waals surface area contributed by atoms with Crippen molar-refractivity contribution in [1.82, 2.24) is 10.2 Å². The quantitative estimate of drug-likeness (QED) is 0.859. The number of carbonyl (C=O) groups excluding carboxylic acids is 1. The molecule has 1 N–H and O–H groups in total. The maximum absolute atomic E-state index is 12.1. The molecule has 4 nitrogen and oxygen atoms in total. The number of carbonyl (C=O) groups is 1. The highest BCUT2D eigenvalue weighted by Crippen LogP contribution is 2.25. The van der Waals surface area contributed by atoms with Crippen LogP contribution in [0.5, 0.6) is 5.75 Å². The summed E-state index contributed by atoms with van der Waals surface area (Å²) in [6.07, 6.45) is 0. The minimum atomic E-state index is -0.170. The van der Waals surface area contributed by atoms with E-state index in [0.717, 1.165) is 22.1 Å². The summed E-state index contributed by atoms with van der Waals surface area (Å²) < 4.78 is 5.22. The van der Waals surface area contributed by atoms with Gasteiger partial charge < -0.3 is 10.1 Å². The Morgan fingerprint density at radius 3 is 2.52 bits per heavy atom. The maximum atomic E-state index is 12.1. The van der Waals surface area contributed by atoms with Gasteiger partial charge in [0.15, 0.2) is 0 Å². The average Bonchev–Trinajstić information content (AvgIpc) is 2.50. The molecule has 0 saturated carbocycles. The fraction of sp³-hybridized carbons (Fsp3) is 0.353. The Morgan fingerprint density at radius 1 is 1.19 bits per heavy atom. The van der Waals surface area contributed by atoms with E-state index < -0.39 is 0 Å². The summed E-state index contributed by atoms with van der Waals surface area (Å²) in [5, 5.41) is 5.14. The smallest absolute Gasteiger partial charge is 0.228 e. The lowest BCUT2D eigenvalue weighted by atomic mass is 9.97. The van der Waals surface area contributed by atoms with Crippen LogP contribution in [0.2, 0.25) is 0 Å². The van der Waals surface area contributed by atoms with E-state index in [1.807, 2.05) is 56.3 Å². The zero-order chi connectivity index (χ0) is 15.4. The van der Waals surface area contributed by atoms with Crippen molar-refractivity contribution in [3.63, 3.8) is 0 Å². The second-order valence-electron chi connectivity index (χ2n) is 5.47. The molecule has 2 rings (SSSR count). The van der Waals surface area contributed by atoms with Crippen LogP contribution in [0.25, 0.3) is 10.8 Å². The average molecular weight is 286 g/mol. The van der Waals surface area contributed by atoms with Crippen LogP contribution in [0.3, 0.4) is 0 Å². The molecule has 2 aromatic rings. The normalized spacial score (nSPS) is 12.4. The first-order valence-corrected chi connectivity index (χ1v) is 7.01. The molecule has 0 aromatic heterocycles. The molecule has 0 radical (unpaired) electrons. The van der Waals surface area contributed by atoms with Gasteiger partial charge in [-0.1, -0.05) is 24.3 Å². The van der Waals surface area contributed by atoms with Crippen LogP contribution in [0.4, 0.5) is 0 Å². The van der Waals surface area contributed by atoms with Gasteiger partial charge in [-0.2, -0.15) is 0 Å². The van der Waals surface area contributed by atoms with Gasteiger partial charge in [-0.15, -0.1) is 0 Å². The van der Waals surface area contributed by atoms with Crippen molar-refractivity contribution in [2.45, 2.75) is 12.8 Å². The molecule has 21 heavy (non-hydrogen) atoms. The molecule has 1 amide bonds. The molecule has 1 unspecified atom stereocenters. The summed E-state index contributed by atoms with van der Waals surface area (Å²) in [5.41, 5.74) is 1.02. The van der Waals surface area contributed by atoms with Crippen LogP contribution >= 0.6 is 0 Å². The molecule has 0 spiro atoms. The fourth-order valence-corrected chi connectivity index (χ4v) is 2.18. The number of ether oxygens (including phenoxy) is 1. The van der Waals surface area contributed by atoms with Gasteiger partial charge in [0.2, 0.25) is 5.91 Å². The summed E-state index contributed by atoms with van der Waals surface area (Å²) in [4.78, 5) is 14.1. The highest BCUT2D eigenvalue weighted by molar-refractivity contribution is 5.88. The summed E-state index contributed by atoms with van der Waals surface area (Å²) in [6.45, 7) is 2.48. The van der Waals surface area contributed by atoms with E-state index in [2.05, 4.69) is 11.4 Å². The Kier molecular flexibility index (Phi) is 4.81. The van der Waals surface area contributed by atoms with Gasteiger partial charge in [0.25, 0.3) is 0 Å². The number of hydrogen-bond donors (Lipinski definition) is 1. The van der Waals surface area contributed by atoms with E-state index in [1.165, 1.54) is 0 Å². The number of nitrogens with zero attached hydrogens (tertiary/aromatic N) is 1. The molecule has 0 aliphatic heterocycles. The molecule has 4 heteroatoms. The van der Waals surface area contributed by atoms with Crippen molar-refractivity contribution in [2.75, 3.05) is 27.9 Å². The Hall–Kier alpha value is -2.07. The summed E-state index contributed by atoms with van der Waals surface area (Å²) in [5.74, 6) is 0.708. The van der Waals surface area contributed by atoms with Gasteiger partial charge in [0.1, 0.15) is 5.75 Å². The lowest BCUT2D eigenvalue weighted by Gasteiger charge is -2.16. The first-order chi connectivity index (χ1) is 10.0. The van der Waals surface area contributed by atoms with Crippen molar-refractivity contribution in [1.29, 1.82) is 0 Å². The number of methoxy groups -OCH3 is 1. The Bertz CT molecular complexity index is 638. The van der Waals surface area contributed by atoms with E-state index >= 15 is 0 Å². The molecule has 1 atom stereocenters. The molecular formula is C17H22N2O2. The van der Waals surface area contributed by atoms with E-state index in [1.54, 1.807) is 7.11 Å². The number of fused-ring (bicyclic) bond motifs is 1. The van der Waals surface area contributed by atoms with E-state index in [0.29, 0.717) is 6.67 Å². The van der Waals surface area contributed by atoms with Gasteiger partial charge >= 0.3 is 0 Å². The van der Waals surface area contributed by atoms with Gasteiger partial charge in [0, 0.05) is 0 Å². The third-order valence-corrected chi connectivity index (χ3v) is 3.53. The lowest BCUT2D eigenvalue weighted by Crippen LogP contribution is -2.35. The third-order valence-electron chi connectivity index (χ3n) is 3.53. The highest BCUT2D eigenvalue weighted by atomic mass is 16.5. The molecule has 0 fully saturated rings. The maximum Gasteiger partial charge on any atom is 0.228 e. The first-order valence-electron chi connectivity index (χ1n) is 7.01. The Balaban J connectivity index is 2.20. The van der Waals surface area contributed by atoms with Crippen molar-refractivity contribution in [3.8, 4) is 5.75 Å². The van der Waals surface area contributed by atoms with Crippen molar-refractivity contribution in [2.24, 2.45) is 0 Å². The SMILES string of the molecule is COc1ccc2cc(C(C)C(=O)NCN(C)C)ccc2c1. The van der Waals surface area contributed by atoms with Crippen LogP contribution < -0.4 is 10.1 Å². The Labute approximate surface area is 125 Å². The number of benzene rings is 2. The molecule has 112 valence electrons. The van der Waals surface area contributed by atoms with E-state index in [9.17, 15) is 4.79 Å². The first kappa shape index (κ1) is 15.3. The second kappa shape index (κ2) is 6.59. The zero-order valence-electron chi connectivity index (χ0n) is 13.0. The summed E-state index contributed by atoms with van der Waals surface area (Å²) in [7, 11) is 5.51. The molecule has 0 heterocycles. The van der Waals surface area contributed by atoms with Crippen LogP contribution in [0.1, 0.15) is 18.4 Å². The predicted octanol–water partition coefficient (Wildman–Crippen LogP) is 2.59. The van der Waals surface area contributed by atoms with Crippen LogP contribution in [0, 0.1) is 0 Å². The monoisotopic (exact) mass is 286 g/mol. The standard InChI is InChI=1S/C17H22N2O2/c1-12(17(20)18-11-19(2)3)13-5-6-15-10-16(21-4)8-7-14(15)9-13/h5-10,12H,11H2,1-4H3,(H,18,20). The van der Waals surface area contributed by atoms with Crippen LogP contribution in [-0.2, 0) is 4.79 Å². The van der Waals surface area contributed by atoms with Crippen molar-refractivity contribution >= 4 is 16.7 Å². The van der Waals surface area contributed by atoms with Gasteiger partial charge in [-0.3, -0.25) is 9.69 Å². The molecule has 2 aromatic carbocycles. The number of hydrogen-bond acceptors (Lipinski definition) is 3. The third kappa shape index (κ3) is 3.73. The van der Waals surface area contributed by atoms with E-state index in [-0.39, 0.29) is 11.8 Å². The fourth-order valence-electron chi connectivity index (χ4n) is 2.18. The lowest BCUT2D eigenvalue weighted by molar-refractivity contribution is -0.122. The number of nitrogens with one attached hydrogen (secondary N) is 1. The summed E-state index contributed by atoms with van der Waals surface area (Å²) >= 11 is 0. The topological polar surface area (TPSA) is 41.6 Å². The van der Waals surface area contributed by atoms with Gasteiger partial charge in [0.05, 0.1) is 19.7 Å². The predicted molar refractivity (Wildman–Crippen MR) is 85.6 cm³/mol. The van der Waals surface area contributed by atoms with Crippen LogP contribution in [0.15, 0.2) is 36.4 Å². The zero-order valence-corrected chi connectivity index (χ0v) is 13.0. The summed E-state index contributed by atoms with van der Waals surface area (Å²) in [6, 6.07) is 12.0. The van der Waals surface area contributed by atoms with Crippen molar-refractivity contribution in [3.05, 3.63) is 42.0 Å². The van der Waals surface area contributed by atoms with E-state index in [4.69, 9.17) is 4.74 Å². The van der Waals surface area contributed by atoms with Crippen molar-refractivity contribution < 1.29 is 9.53 Å². The van der Waals surface area contributed by atoms with Crippen LogP contribution in [-0.4, -0.2) is 38.7 Å².